The number of ether oxygens (including phenoxy) is 1. The minimum absolute atomic E-state index is 0.128. The van der Waals surface area contributed by atoms with E-state index in [-0.39, 0.29) is 12.4 Å². The van der Waals surface area contributed by atoms with Gasteiger partial charge in [0.2, 0.25) is 0 Å². The first-order valence-corrected chi connectivity index (χ1v) is 9.98. The fourth-order valence-corrected chi connectivity index (χ4v) is 3.30. The first-order valence-electron chi connectivity index (χ1n) is 9.98. The minimum Gasteiger partial charge on any atom is -0.453 e. The Morgan fingerprint density at radius 2 is 1.83 bits per heavy atom. The van der Waals surface area contributed by atoms with Crippen LogP contribution in [0.15, 0.2) is 36.4 Å². The maximum Gasteiger partial charge on any atom is 0.407 e. The van der Waals surface area contributed by atoms with Gasteiger partial charge in [0.05, 0.1) is 24.9 Å². The van der Waals surface area contributed by atoms with Gasteiger partial charge in [0.25, 0.3) is 0 Å². The lowest BCUT2D eigenvalue weighted by Gasteiger charge is -2.28. The van der Waals surface area contributed by atoms with Crippen molar-refractivity contribution in [2.24, 2.45) is 7.05 Å². The summed E-state index contributed by atoms with van der Waals surface area (Å²) in [5.41, 5.74) is 3.38. The van der Waals surface area contributed by atoms with Gasteiger partial charge >= 0.3 is 6.09 Å². The van der Waals surface area contributed by atoms with Gasteiger partial charge in [-0.25, -0.2) is 4.79 Å². The average Bonchev–Trinajstić information content (AvgIpc) is 3.08. The number of rotatable bonds is 10. The van der Waals surface area contributed by atoms with Crippen LogP contribution in [-0.4, -0.2) is 40.8 Å². The summed E-state index contributed by atoms with van der Waals surface area (Å²) in [5, 5.41) is 12.3. The summed E-state index contributed by atoms with van der Waals surface area (Å²) in [7, 11) is 3.17. The Bertz CT molecular complexity index is 826. The monoisotopic (exact) mass is 400 g/mol. The van der Waals surface area contributed by atoms with Crippen molar-refractivity contribution in [3.05, 3.63) is 58.9 Å². The number of aromatic nitrogens is 1. The fourth-order valence-electron chi connectivity index (χ4n) is 3.30. The number of Topliss-reactive ketones (excluding diaryl/α,β-unsaturated/α-hetero) is 1. The summed E-state index contributed by atoms with van der Waals surface area (Å²) in [6.45, 7) is 3.64. The van der Waals surface area contributed by atoms with E-state index in [1.54, 1.807) is 6.92 Å². The molecule has 0 saturated carbocycles. The standard InChI is InChI=1S/C23H32N2O4/c1-17-8-10-18(11-9-17)6-5-7-21(27)20-13-12-19(25(20)3)14-15-23(2,16-26)24-22(28)29-4/h8-13,26H,5-7,14-16H2,1-4H3,(H,24,28)/t23-/m1/s1. The Labute approximate surface area is 172 Å². The molecular formula is C23H32N2O4. The van der Waals surface area contributed by atoms with Gasteiger partial charge in [-0.1, -0.05) is 29.8 Å². The Balaban J connectivity index is 1.91. The highest BCUT2D eigenvalue weighted by Crippen LogP contribution is 2.18. The van der Waals surface area contributed by atoms with E-state index < -0.39 is 11.6 Å². The molecular weight excluding hydrogens is 368 g/mol. The van der Waals surface area contributed by atoms with Gasteiger partial charge in [-0.05, 0) is 57.2 Å². The number of amides is 1. The van der Waals surface area contributed by atoms with E-state index in [4.69, 9.17) is 0 Å². The Morgan fingerprint density at radius 3 is 2.45 bits per heavy atom. The topological polar surface area (TPSA) is 80.6 Å². The predicted molar refractivity (Wildman–Crippen MR) is 113 cm³/mol. The third-order valence-electron chi connectivity index (χ3n) is 5.37. The SMILES string of the molecule is COC(=O)N[C@@](C)(CO)CCc1ccc(C(=O)CCCc2ccc(C)cc2)n1C. The number of aliphatic hydroxyl groups is 1. The van der Waals surface area contributed by atoms with Crippen LogP contribution in [0.5, 0.6) is 0 Å². The molecule has 1 amide bonds. The Morgan fingerprint density at radius 1 is 1.14 bits per heavy atom. The fraction of sp³-hybridized carbons (Fsp3) is 0.478. The van der Waals surface area contributed by atoms with Crippen LogP contribution in [0.4, 0.5) is 4.79 Å². The third kappa shape index (κ3) is 6.46. The van der Waals surface area contributed by atoms with E-state index in [2.05, 4.69) is 41.2 Å². The lowest BCUT2D eigenvalue weighted by atomic mass is 9.96. The quantitative estimate of drug-likeness (QED) is 0.598. The van der Waals surface area contributed by atoms with Gasteiger partial charge in [-0.15, -0.1) is 0 Å². The van der Waals surface area contributed by atoms with Crippen molar-refractivity contribution in [2.75, 3.05) is 13.7 Å². The van der Waals surface area contributed by atoms with Crippen LogP contribution in [0.1, 0.15) is 53.5 Å². The first kappa shape index (κ1) is 22.7. The van der Waals surface area contributed by atoms with E-state index >= 15 is 0 Å². The molecule has 1 aromatic heterocycles. The highest BCUT2D eigenvalue weighted by molar-refractivity contribution is 5.94. The van der Waals surface area contributed by atoms with E-state index in [1.807, 2.05) is 23.7 Å². The highest BCUT2D eigenvalue weighted by Gasteiger charge is 2.26. The van der Waals surface area contributed by atoms with Gasteiger partial charge in [-0.3, -0.25) is 4.79 Å². The zero-order chi connectivity index (χ0) is 21.4. The lowest BCUT2D eigenvalue weighted by Crippen LogP contribution is -2.49. The van der Waals surface area contributed by atoms with Crippen LogP contribution in [0.25, 0.3) is 0 Å². The van der Waals surface area contributed by atoms with Crippen molar-refractivity contribution < 1.29 is 19.4 Å². The molecule has 0 aliphatic heterocycles. The summed E-state index contributed by atoms with van der Waals surface area (Å²) in [6, 6.07) is 12.2. The van der Waals surface area contributed by atoms with Crippen LogP contribution in [0.2, 0.25) is 0 Å². The van der Waals surface area contributed by atoms with Crippen LogP contribution >= 0.6 is 0 Å². The number of carbonyl (C=O) groups is 2. The number of ketones is 1. The second kappa shape index (κ2) is 10.3. The second-order valence-electron chi connectivity index (χ2n) is 7.87. The van der Waals surface area contributed by atoms with Gasteiger partial charge < -0.3 is 19.7 Å². The van der Waals surface area contributed by atoms with Gasteiger partial charge in [0.1, 0.15) is 0 Å². The van der Waals surface area contributed by atoms with Gasteiger partial charge in [-0.2, -0.15) is 0 Å². The molecule has 0 unspecified atom stereocenters. The number of alkyl carbamates (subject to hydrolysis) is 1. The average molecular weight is 401 g/mol. The molecule has 0 fully saturated rings. The van der Waals surface area contributed by atoms with Gasteiger partial charge in [0.15, 0.2) is 5.78 Å². The molecule has 2 rings (SSSR count). The van der Waals surface area contributed by atoms with Crippen LogP contribution in [-0.2, 0) is 24.6 Å². The maximum atomic E-state index is 12.6. The molecule has 2 N–H and O–H groups in total. The van der Waals surface area contributed by atoms with Crippen molar-refractivity contribution in [2.45, 2.75) is 51.5 Å². The summed E-state index contributed by atoms with van der Waals surface area (Å²) in [6.07, 6.45) is 2.78. The molecule has 158 valence electrons. The normalized spacial score (nSPS) is 13.0. The number of methoxy groups -OCH3 is 1. The van der Waals surface area contributed by atoms with E-state index in [9.17, 15) is 14.7 Å². The lowest BCUT2D eigenvalue weighted by molar-refractivity contribution is 0.0972. The van der Waals surface area contributed by atoms with Crippen LogP contribution < -0.4 is 5.32 Å². The largest absolute Gasteiger partial charge is 0.453 e. The van der Waals surface area contributed by atoms with E-state index in [0.29, 0.717) is 25.0 Å². The number of hydrogen-bond donors (Lipinski definition) is 2. The molecule has 0 aliphatic carbocycles. The molecule has 29 heavy (non-hydrogen) atoms. The van der Waals surface area contributed by atoms with Crippen LogP contribution in [0, 0.1) is 6.92 Å². The molecule has 1 aromatic carbocycles. The van der Waals surface area contributed by atoms with Crippen molar-refractivity contribution >= 4 is 11.9 Å². The third-order valence-corrected chi connectivity index (χ3v) is 5.37. The zero-order valence-corrected chi connectivity index (χ0v) is 17.8. The molecule has 6 nitrogen and oxygen atoms in total. The number of aliphatic hydroxyl groups excluding tert-OH is 1. The molecule has 1 atom stereocenters. The summed E-state index contributed by atoms with van der Waals surface area (Å²) in [4.78, 5) is 24.1. The summed E-state index contributed by atoms with van der Waals surface area (Å²) < 4.78 is 6.53. The molecule has 0 spiro atoms. The maximum absolute atomic E-state index is 12.6. The Hall–Kier alpha value is -2.60. The predicted octanol–water partition coefficient (Wildman–Crippen LogP) is 3.58. The highest BCUT2D eigenvalue weighted by atomic mass is 16.5. The second-order valence-corrected chi connectivity index (χ2v) is 7.87. The molecule has 2 aromatic rings. The molecule has 1 heterocycles. The number of nitrogens with zero attached hydrogens (tertiary/aromatic N) is 1. The molecule has 6 heteroatoms. The number of aryl methyl sites for hydroxylation is 3. The zero-order valence-electron chi connectivity index (χ0n) is 17.8. The molecule has 0 aliphatic rings. The van der Waals surface area contributed by atoms with Crippen molar-refractivity contribution in [1.29, 1.82) is 0 Å². The minimum atomic E-state index is -0.782. The summed E-state index contributed by atoms with van der Waals surface area (Å²) >= 11 is 0. The van der Waals surface area contributed by atoms with Gasteiger partial charge in [0, 0.05) is 19.2 Å². The number of nitrogens with one attached hydrogen (secondary N) is 1. The molecule has 0 saturated heterocycles. The van der Waals surface area contributed by atoms with E-state index in [0.717, 1.165) is 18.5 Å². The van der Waals surface area contributed by atoms with Crippen molar-refractivity contribution in [3.63, 3.8) is 0 Å². The molecule has 0 radical (unpaired) electrons. The number of benzene rings is 1. The van der Waals surface area contributed by atoms with E-state index in [1.165, 1.54) is 18.2 Å². The smallest absolute Gasteiger partial charge is 0.407 e. The first-order chi connectivity index (χ1) is 13.8. The summed E-state index contributed by atoms with van der Waals surface area (Å²) in [5.74, 6) is 0.128. The number of carbonyl (C=O) groups excluding carboxylic acids is 2. The Kier molecular flexibility index (Phi) is 8.02. The van der Waals surface area contributed by atoms with Crippen molar-refractivity contribution in [3.8, 4) is 0 Å². The van der Waals surface area contributed by atoms with Crippen LogP contribution in [0.3, 0.4) is 0 Å². The molecule has 0 bridgehead atoms. The number of hydrogen-bond acceptors (Lipinski definition) is 4. The van der Waals surface area contributed by atoms with Crippen molar-refractivity contribution in [1.82, 2.24) is 9.88 Å².